The summed E-state index contributed by atoms with van der Waals surface area (Å²) in [6, 6.07) is 4.91. The van der Waals surface area contributed by atoms with Crippen molar-refractivity contribution in [3.63, 3.8) is 0 Å². The third kappa shape index (κ3) is 5.91. The largest absolute Gasteiger partial charge is 0.497 e. The molecule has 1 aromatic carbocycles. The molecule has 0 aliphatic rings. The third-order valence-corrected chi connectivity index (χ3v) is 2.86. The van der Waals surface area contributed by atoms with Crippen LogP contribution in [0.4, 0.5) is 0 Å². The van der Waals surface area contributed by atoms with E-state index in [1.54, 1.807) is 18.2 Å². The lowest BCUT2D eigenvalue weighted by Crippen LogP contribution is -2.34. The van der Waals surface area contributed by atoms with Gasteiger partial charge in [0, 0.05) is 37.0 Å². The molecule has 0 radical (unpaired) electrons. The zero-order valence-corrected chi connectivity index (χ0v) is 12.8. The summed E-state index contributed by atoms with van der Waals surface area (Å²) in [5.41, 5.74) is 0.429. The van der Waals surface area contributed by atoms with Crippen molar-refractivity contribution in [3.8, 4) is 11.5 Å². The molecule has 0 aromatic heterocycles. The van der Waals surface area contributed by atoms with Gasteiger partial charge in [-0.25, -0.2) is 0 Å². The molecule has 2 N–H and O–H groups in total. The molecular weight excluding hydrogens is 296 g/mol. The molecule has 2 amide bonds. The number of hydrogen-bond donors (Lipinski definition) is 2. The maximum absolute atomic E-state index is 12.0. The number of rotatable bonds is 8. The number of carbonyl (C=O) groups excluding carboxylic acids is 2. The van der Waals surface area contributed by atoms with Crippen molar-refractivity contribution in [2.75, 3.05) is 33.2 Å². The first kappa shape index (κ1) is 17.1. The van der Waals surface area contributed by atoms with Crippen molar-refractivity contribution < 1.29 is 19.1 Å². The van der Waals surface area contributed by atoms with E-state index in [1.807, 2.05) is 0 Å². The highest BCUT2D eigenvalue weighted by atomic mass is 35.5. The lowest BCUT2D eigenvalue weighted by molar-refractivity contribution is -0.120. The van der Waals surface area contributed by atoms with Gasteiger partial charge in [0.2, 0.25) is 5.91 Å². The van der Waals surface area contributed by atoms with Crippen molar-refractivity contribution >= 4 is 23.4 Å². The quantitative estimate of drug-likeness (QED) is 0.558. The van der Waals surface area contributed by atoms with E-state index in [9.17, 15) is 9.59 Å². The normalized spacial score (nSPS) is 9.86. The Labute approximate surface area is 128 Å². The first-order valence-corrected chi connectivity index (χ1v) is 6.98. The van der Waals surface area contributed by atoms with Gasteiger partial charge in [0.1, 0.15) is 11.5 Å². The van der Waals surface area contributed by atoms with Crippen LogP contribution in [0.15, 0.2) is 18.2 Å². The molecular formula is C14H19ClN2O4. The van der Waals surface area contributed by atoms with Crippen LogP contribution in [0.1, 0.15) is 16.8 Å². The van der Waals surface area contributed by atoms with Crippen molar-refractivity contribution in [2.45, 2.75) is 6.42 Å². The molecule has 0 aliphatic carbocycles. The molecule has 1 aromatic rings. The van der Waals surface area contributed by atoms with Gasteiger partial charge in [-0.2, -0.15) is 0 Å². The maximum atomic E-state index is 12.0. The second kappa shape index (κ2) is 9.07. The van der Waals surface area contributed by atoms with Gasteiger partial charge < -0.3 is 20.1 Å². The zero-order valence-electron chi connectivity index (χ0n) is 12.1. The number of benzene rings is 1. The van der Waals surface area contributed by atoms with Crippen LogP contribution in [0.2, 0.25) is 0 Å². The Balaban J connectivity index is 2.50. The van der Waals surface area contributed by atoms with E-state index in [-0.39, 0.29) is 24.1 Å². The molecule has 116 valence electrons. The molecule has 0 heterocycles. The number of nitrogens with one attached hydrogen (secondary N) is 2. The lowest BCUT2D eigenvalue weighted by Gasteiger charge is -2.09. The van der Waals surface area contributed by atoms with E-state index in [0.717, 1.165) is 0 Å². The third-order valence-electron chi connectivity index (χ3n) is 2.67. The fourth-order valence-corrected chi connectivity index (χ4v) is 1.76. The number of amides is 2. The van der Waals surface area contributed by atoms with Crippen molar-refractivity contribution in [1.29, 1.82) is 0 Å². The summed E-state index contributed by atoms with van der Waals surface area (Å²) in [7, 11) is 3.03. The van der Waals surface area contributed by atoms with Gasteiger partial charge in [-0.1, -0.05) is 0 Å². The van der Waals surface area contributed by atoms with E-state index in [1.165, 1.54) is 14.2 Å². The SMILES string of the molecule is COc1cc(OC)cc(C(=O)NCCNC(=O)CCCl)c1. The highest BCUT2D eigenvalue weighted by Crippen LogP contribution is 2.22. The van der Waals surface area contributed by atoms with Crippen LogP contribution in [0, 0.1) is 0 Å². The minimum absolute atomic E-state index is 0.137. The topological polar surface area (TPSA) is 76.7 Å². The second-order valence-electron chi connectivity index (χ2n) is 4.15. The van der Waals surface area contributed by atoms with Crippen LogP contribution in [-0.4, -0.2) is 45.0 Å². The molecule has 0 aliphatic heterocycles. The molecule has 0 atom stereocenters. The number of halogens is 1. The molecule has 6 nitrogen and oxygen atoms in total. The molecule has 0 fully saturated rings. The minimum atomic E-state index is -0.265. The van der Waals surface area contributed by atoms with Crippen LogP contribution in [0.3, 0.4) is 0 Å². The maximum Gasteiger partial charge on any atom is 0.251 e. The van der Waals surface area contributed by atoms with Gasteiger partial charge in [0.15, 0.2) is 0 Å². The Bertz CT molecular complexity index is 472. The highest BCUT2D eigenvalue weighted by Gasteiger charge is 2.09. The Morgan fingerprint density at radius 1 is 1.05 bits per heavy atom. The average molecular weight is 315 g/mol. The Hall–Kier alpha value is -1.95. The van der Waals surface area contributed by atoms with E-state index in [2.05, 4.69) is 10.6 Å². The summed E-state index contributed by atoms with van der Waals surface area (Å²) in [4.78, 5) is 23.2. The van der Waals surface area contributed by atoms with Gasteiger partial charge in [-0.3, -0.25) is 9.59 Å². The highest BCUT2D eigenvalue weighted by molar-refractivity contribution is 6.18. The zero-order chi connectivity index (χ0) is 15.7. The summed E-state index contributed by atoms with van der Waals surface area (Å²) in [6.07, 6.45) is 0.266. The average Bonchev–Trinajstić information content (AvgIpc) is 2.51. The summed E-state index contributed by atoms with van der Waals surface area (Å²) in [5, 5.41) is 5.35. The lowest BCUT2D eigenvalue weighted by atomic mass is 10.2. The first-order valence-electron chi connectivity index (χ1n) is 6.44. The predicted molar refractivity (Wildman–Crippen MR) is 80.2 cm³/mol. The number of hydrogen-bond acceptors (Lipinski definition) is 4. The van der Waals surface area contributed by atoms with Gasteiger partial charge in [-0.15, -0.1) is 11.6 Å². The molecule has 21 heavy (non-hydrogen) atoms. The predicted octanol–water partition coefficient (Wildman–Crippen LogP) is 1.18. The molecule has 0 spiro atoms. The van der Waals surface area contributed by atoms with Crippen molar-refractivity contribution in [1.82, 2.24) is 10.6 Å². The molecule has 0 saturated heterocycles. The number of alkyl halides is 1. The van der Waals surface area contributed by atoms with Crippen LogP contribution in [-0.2, 0) is 4.79 Å². The van der Waals surface area contributed by atoms with Gasteiger partial charge >= 0.3 is 0 Å². The molecule has 1 rings (SSSR count). The second-order valence-corrected chi connectivity index (χ2v) is 4.52. The van der Waals surface area contributed by atoms with E-state index in [0.29, 0.717) is 30.2 Å². The molecule has 7 heteroatoms. The van der Waals surface area contributed by atoms with Crippen molar-refractivity contribution in [2.24, 2.45) is 0 Å². The van der Waals surface area contributed by atoms with Gasteiger partial charge in [0.05, 0.1) is 14.2 Å². The van der Waals surface area contributed by atoms with E-state index in [4.69, 9.17) is 21.1 Å². The minimum Gasteiger partial charge on any atom is -0.497 e. The fraction of sp³-hybridized carbons (Fsp3) is 0.429. The van der Waals surface area contributed by atoms with Crippen LogP contribution >= 0.6 is 11.6 Å². The van der Waals surface area contributed by atoms with E-state index >= 15 is 0 Å². The summed E-state index contributed by atoms with van der Waals surface area (Å²) in [6.45, 7) is 0.676. The van der Waals surface area contributed by atoms with E-state index < -0.39 is 0 Å². The smallest absolute Gasteiger partial charge is 0.251 e. The molecule has 0 unspecified atom stereocenters. The number of carbonyl (C=O) groups is 2. The fourth-order valence-electron chi connectivity index (χ4n) is 1.59. The molecule has 0 saturated carbocycles. The summed E-state index contributed by atoms with van der Waals surface area (Å²) in [5.74, 6) is 0.952. The Morgan fingerprint density at radius 3 is 2.14 bits per heavy atom. The Kier molecular flexibility index (Phi) is 7.39. The van der Waals surface area contributed by atoms with Crippen LogP contribution < -0.4 is 20.1 Å². The summed E-state index contributed by atoms with van der Waals surface area (Å²) >= 11 is 5.44. The monoisotopic (exact) mass is 314 g/mol. The Morgan fingerprint density at radius 2 is 1.62 bits per heavy atom. The summed E-state index contributed by atoms with van der Waals surface area (Å²) < 4.78 is 10.2. The van der Waals surface area contributed by atoms with Crippen LogP contribution in [0.5, 0.6) is 11.5 Å². The van der Waals surface area contributed by atoms with Gasteiger partial charge in [-0.05, 0) is 12.1 Å². The van der Waals surface area contributed by atoms with Crippen LogP contribution in [0.25, 0.3) is 0 Å². The van der Waals surface area contributed by atoms with Crippen molar-refractivity contribution in [3.05, 3.63) is 23.8 Å². The molecule has 0 bridgehead atoms. The standard InChI is InChI=1S/C14H19ClN2O4/c1-20-11-7-10(8-12(9-11)21-2)14(19)17-6-5-16-13(18)3-4-15/h7-9H,3-6H2,1-2H3,(H,16,18)(H,17,19). The number of methoxy groups -OCH3 is 2. The van der Waals surface area contributed by atoms with Gasteiger partial charge in [0.25, 0.3) is 5.91 Å². The number of ether oxygens (including phenoxy) is 2. The first-order chi connectivity index (χ1) is 10.1.